The van der Waals surface area contributed by atoms with E-state index in [9.17, 15) is 4.79 Å². The number of aromatic nitrogens is 1. The van der Waals surface area contributed by atoms with Crippen molar-refractivity contribution in [2.24, 2.45) is 0 Å². The van der Waals surface area contributed by atoms with Crippen LogP contribution in [0.4, 0.5) is 0 Å². The van der Waals surface area contributed by atoms with E-state index in [4.69, 9.17) is 16.9 Å². The molecule has 5 heteroatoms. The van der Waals surface area contributed by atoms with E-state index in [0.29, 0.717) is 6.42 Å². The van der Waals surface area contributed by atoms with Crippen LogP contribution in [-0.4, -0.2) is 22.1 Å². The van der Waals surface area contributed by atoms with Gasteiger partial charge in [0.05, 0.1) is 0 Å². The Hall–Kier alpha value is -1.52. The summed E-state index contributed by atoms with van der Waals surface area (Å²) < 4.78 is 0. The second-order valence-electron chi connectivity index (χ2n) is 3.98. The normalized spacial score (nSPS) is 12.8. The molecule has 0 aliphatic carbocycles. The van der Waals surface area contributed by atoms with Crippen LogP contribution in [0.2, 0.25) is 0 Å². The zero-order chi connectivity index (χ0) is 12.4. The average Bonchev–Trinajstić information content (AvgIpc) is 2.61. The summed E-state index contributed by atoms with van der Waals surface area (Å²) in [6, 6.07) is 7.03. The second kappa shape index (κ2) is 4.77. The van der Waals surface area contributed by atoms with Crippen molar-refractivity contribution in [3.8, 4) is 0 Å². The molecule has 90 valence electrons. The third kappa shape index (κ3) is 2.28. The molecule has 0 radical (unpaired) electrons. The Labute approximate surface area is 104 Å². The van der Waals surface area contributed by atoms with Crippen molar-refractivity contribution < 1.29 is 9.90 Å². The number of H-pyrrole nitrogens is 1. The number of carboxylic acids is 1. The summed E-state index contributed by atoms with van der Waals surface area (Å²) in [6.45, 7) is 1.93. The van der Waals surface area contributed by atoms with Gasteiger partial charge >= 0.3 is 5.97 Å². The van der Waals surface area contributed by atoms with Gasteiger partial charge in [0.1, 0.15) is 6.04 Å². The minimum Gasteiger partial charge on any atom is -0.480 e. The van der Waals surface area contributed by atoms with E-state index in [2.05, 4.69) is 9.82 Å². The Balaban J connectivity index is 2.41. The first-order valence-electron chi connectivity index (χ1n) is 5.28. The number of hydrogen-bond acceptors (Lipinski definition) is 2. The lowest BCUT2D eigenvalue weighted by Crippen LogP contribution is -2.32. The number of carbonyl (C=O) groups is 1. The number of fused-ring (bicyclic) bond motifs is 1. The molecule has 0 saturated heterocycles. The van der Waals surface area contributed by atoms with Crippen LogP contribution in [0.5, 0.6) is 0 Å². The number of nitrogens with one attached hydrogen (secondary N) is 2. The van der Waals surface area contributed by atoms with E-state index < -0.39 is 12.0 Å². The minimum atomic E-state index is -0.954. The number of benzene rings is 1. The Morgan fingerprint density at radius 1 is 1.53 bits per heavy atom. The summed E-state index contributed by atoms with van der Waals surface area (Å²) in [4.78, 5) is 16.5. The molecule has 4 nitrogen and oxygen atoms in total. The largest absolute Gasteiger partial charge is 0.480 e. The van der Waals surface area contributed by atoms with Gasteiger partial charge in [0, 0.05) is 23.0 Å². The van der Waals surface area contributed by atoms with E-state index >= 15 is 0 Å². The van der Waals surface area contributed by atoms with Gasteiger partial charge in [0.2, 0.25) is 0 Å². The van der Waals surface area contributed by atoms with Gasteiger partial charge in [-0.05, 0) is 30.3 Å². The predicted molar refractivity (Wildman–Crippen MR) is 67.2 cm³/mol. The number of halogens is 1. The number of para-hydroxylation sites is 1. The lowest BCUT2D eigenvalue weighted by Gasteiger charge is -2.09. The fourth-order valence-electron chi connectivity index (χ4n) is 1.97. The van der Waals surface area contributed by atoms with Gasteiger partial charge in [-0.15, -0.1) is 0 Å². The van der Waals surface area contributed by atoms with Crippen LogP contribution in [0.25, 0.3) is 10.9 Å². The SMILES string of the molecule is Cc1[nH]c2ccccc2c1C[C@H](NCl)C(=O)O. The first-order valence-corrected chi connectivity index (χ1v) is 5.66. The van der Waals surface area contributed by atoms with Crippen LogP contribution in [-0.2, 0) is 11.2 Å². The first-order chi connectivity index (χ1) is 8.13. The van der Waals surface area contributed by atoms with Gasteiger partial charge in [-0.25, -0.2) is 4.84 Å². The van der Waals surface area contributed by atoms with Crippen molar-refractivity contribution >= 4 is 28.6 Å². The van der Waals surface area contributed by atoms with Crippen molar-refractivity contribution in [2.45, 2.75) is 19.4 Å². The van der Waals surface area contributed by atoms with E-state index in [0.717, 1.165) is 22.2 Å². The predicted octanol–water partition coefficient (Wildman–Crippen LogP) is 2.22. The quantitative estimate of drug-likeness (QED) is 0.731. The third-order valence-electron chi connectivity index (χ3n) is 2.87. The summed E-state index contributed by atoms with van der Waals surface area (Å²) >= 11 is 5.44. The minimum absolute atomic E-state index is 0.356. The van der Waals surface area contributed by atoms with E-state index in [-0.39, 0.29) is 0 Å². The van der Waals surface area contributed by atoms with Gasteiger partial charge in [-0.1, -0.05) is 18.2 Å². The number of aromatic amines is 1. The maximum Gasteiger partial charge on any atom is 0.322 e. The van der Waals surface area contributed by atoms with Gasteiger partial charge in [-0.2, -0.15) is 0 Å². The smallest absolute Gasteiger partial charge is 0.322 e. The van der Waals surface area contributed by atoms with E-state index in [1.807, 2.05) is 31.2 Å². The van der Waals surface area contributed by atoms with Gasteiger partial charge in [-0.3, -0.25) is 4.79 Å². The summed E-state index contributed by atoms with van der Waals surface area (Å²) in [5, 5.41) is 10.0. The highest BCUT2D eigenvalue weighted by Crippen LogP contribution is 2.23. The fourth-order valence-corrected chi connectivity index (χ4v) is 2.14. The number of aliphatic carboxylic acids is 1. The molecule has 0 saturated carbocycles. The summed E-state index contributed by atoms with van der Waals surface area (Å²) in [6.07, 6.45) is 0.356. The second-order valence-corrected chi connectivity index (χ2v) is 4.20. The molecule has 3 N–H and O–H groups in total. The molecule has 0 fully saturated rings. The topological polar surface area (TPSA) is 65.1 Å². The monoisotopic (exact) mass is 252 g/mol. The molecule has 0 unspecified atom stereocenters. The Bertz CT molecular complexity index is 550. The van der Waals surface area contributed by atoms with Crippen LogP contribution < -0.4 is 4.84 Å². The molecule has 1 aromatic carbocycles. The van der Waals surface area contributed by atoms with Crippen LogP contribution in [0.1, 0.15) is 11.3 Å². The highest BCUT2D eigenvalue weighted by Gasteiger charge is 2.19. The van der Waals surface area contributed by atoms with Crippen LogP contribution in [0.3, 0.4) is 0 Å². The summed E-state index contributed by atoms with van der Waals surface area (Å²) in [5.74, 6) is -0.954. The van der Waals surface area contributed by atoms with Crippen molar-refractivity contribution in [3.05, 3.63) is 35.5 Å². The molecule has 0 aliphatic heterocycles. The molecule has 17 heavy (non-hydrogen) atoms. The highest BCUT2D eigenvalue weighted by molar-refractivity contribution is 6.14. The average molecular weight is 253 g/mol. The third-order valence-corrected chi connectivity index (χ3v) is 3.13. The van der Waals surface area contributed by atoms with Crippen molar-refractivity contribution in [2.75, 3.05) is 0 Å². The fraction of sp³-hybridized carbons (Fsp3) is 0.250. The molecular formula is C12H13ClN2O2. The molecular weight excluding hydrogens is 240 g/mol. The van der Waals surface area contributed by atoms with Crippen molar-refractivity contribution in [1.82, 2.24) is 9.82 Å². The summed E-state index contributed by atoms with van der Waals surface area (Å²) in [5.41, 5.74) is 2.98. The maximum atomic E-state index is 10.9. The van der Waals surface area contributed by atoms with E-state index in [1.54, 1.807) is 0 Å². The van der Waals surface area contributed by atoms with Gasteiger partial charge in [0.25, 0.3) is 0 Å². The molecule has 0 aliphatic rings. The molecule has 1 atom stereocenters. The first kappa shape index (κ1) is 12.0. The van der Waals surface area contributed by atoms with Crippen molar-refractivity contribution in [3.63, 3.8) is 0 Å². The molecule has 0 bridgehead atoms. The molecule has 2 aromatic rings. The number of hydrogen-bond donors (Lipinski definition) is 3. The molecule has 2 rings (SSSR count). The van der Waals surface area contributed by atoms with Gasteiger partial charge in [0.15, 0.2) is 0 Å². The maximum absolute atomic E-state index is 10.9. The Morgan fingerprint density at radius 3 is 2.88 bits per heavy atom. The number of rotatable bonds is 4. The van der Waals surface area contributed by atoms with Crippen LogP contribution in [0, 0.1) is 6.92 Å². The van der Waals surface area contributed by atoms with Crippen LogP contribution >= 0.6 is 11.8 Å². The van der Waals surface area contributed by atoms with Crippen LogP contribution in [0.15, 0.2) is 24.3 Å². The van der Waals surface area contributed by atoms with Crippen molar-refractivity contribution in [1.29, 1.82) is 0 Å². The highest BCUT2D eigenvalue weighted by atomic mass is 35.5. The zero-order valence-electron chi connectivity index (χ0n) is 9.33. The standard InChI is InChI=1S/C12H13ClN2O2/c1-7-9(6-11(15-13)12(16)17)8-4-2-3-5-10(8)14-7/h2-5,11,14-15H,6H2,1H3,(H,16,17)/t11-/m0/s1. The van der Waals surface area contributed by atoms with Gasteiger partial charge < -0.3 is 10.1 Å². The Kier molecular flexibility index (Phi) is 3.36. The molecule has 1 aromatic heterocycles. The lowest BCUT2D eigenvalue weighted by molar-refractivity contribution is -0.138. The zero-order valence-corrected chi connectivity index (χ0v) is 10.1. The molecule has 1 heterocycles. The van der Waals surface area contributed by atoms with E-state index in [1.165, 1.54) is 0 Å². The number of carboxylic acid groups (broad SMARTS) is 1. The number of aryl methyl sites for hydroxylation is 1. The summed E-state index contributed by atoms with van der Waals surface area (Å²) in [7, 11) is 0. The molecule has 0 amide bonds. The lowest BCUT2D eigenvalue weighted by atomic mass is 10.0. The Morgan fingerprint density at radius 2 is 2.24 bits per heavy atom. The molecule has 0 spiro atoms.